The van der Waals surface area contributed by atoms with Gasteiger partial charge in [-0.1, -0.05) is 48.5 Å². The third-order valence-electron chi connectivity index (χ3n) is 27.8. The number of likely N-dealkylation sites (N-methyl/N-ethyl adjacent to an activating group) is 4. The highest BCUT2D eigenvalue weighted by atomic mass is 16.5. The molecule has 0 spiro atoms. The normalized spacial score (nSPS) is 22.7. The third-order valence-corrected chi connectivity index (χ3v) is 27.8. The minimum Gasteiger partial charge on any atom is -0.494 e. The van der Waals surface area contributed by atoms with Gasteiger partial charge in [0.1, 0.15) is 29.1 Å². The fraction of sp³-hybridized carbons (Fsp3) is 0.742. The summed E-state index contributed by atoms with van der Waals surface area (Å²) < 4.78 is 52.5. The summed E-state index contributed by atoms with van der Waals surface area (Å²) in [5, 5.41) is 0. The van der Waals surface area contributed by atoms with E-state index in [1.165, 1.54) is 153 Å². The Morgan fingerprint density at radius 1 is 0.398 bits per heavy atom. The molecule has 21 heteroatoms. The molecular weight excluding hydrogens is 1480 g/mol. The topological polar surface area (TPSA) is 136 Å². The van der Waals surface area contributed by atoms with Gasteiger partial charge in [-0.05, 0) is 274 Å². The zero-order valence-corrected chi connectivity index (χ0v) is 74.8. The van der Waals surface area contributed by atoms with E-state index in [4.69, 9.17) is 42.6 Å². The molecule has 4 aromatic rings. The highest BCUT2D eigenvalue weighted by Gasteiger charge is 2.45. The van der Waals surface area contributed by atoms with Crippen LogP contribution in [-0.2, 0) is 50.1 Å². The van der Waals surface area contributed by atoms with Crippen molar-refractivity contribution in [3.8, 4) is 23.0 Å². The molecule has 0 unspecified atom stereocenters. The van der Waals surface area contributed by atoms with Gasteiger partial charge in [0.15, 0.2) is 0 Å². The van der Waals surface area contributed by atoms with E-state index < -0.39 is 5.41 Å². The lowest BCUT2D eigenvalue weighted by molar-refractivity contribution is -0.140. The van der Waals surface area contributed by atoms with E-state index in [0.29, 0.717) is 25.4 Å². The Kier molecular flexibility index (Phi) is 37.3. The highest BCUT2D eigenvalue weighted by molar-refractivity contribution is 5.88. The Bertz CT molecular complexity index is 3400. The van der Waals surface area contributed by atoms with Gasteiger partial charge in [0.25, 0.3) is 0 Å². The number of rotatable bonds is 34. The molecule has 15 rings (SSSR count). The molecular formula is C97H157N11O10. The van der Waals surface area contributed by atoms with Gasteiger partial charge >= 0.3 is 0 Å². The molecule has 1 amide bonds. The van der Waals surface area contributed by atoms with Crippen molar-refractivity contribution in [1.29, 1.82) is 0 Å². The van der Waals surface area contributed by atoms with Gasteiger partial charge in [0, 0.05) is 220 Å². The number of morpholine rings is 1. The Morgan fingerprint density at radius 2 is 0.771 bits per heavy atom. The molecule has 10 saturated heterocycles. The number of carbonyl (C=O) groups excluding carboxylic acids is 1. The van der Waals surface area contributed by atoms with Crippen molar-refractivity contribution in [2.75, 3.05) is 292 Å². The molecule has 0 atom stereocenters. The van der Waals surface area contributed by atoms with E-state index in [2.05, 4.69) is 169 Å². The molecule has 0 radical (unpaired) electrons. The maximum atomic E-state index is 13.5. The van der Waals surface area contributed by atoms with Crippen LogP contribution in [0.3, 0.4) is 0 Å². The number of likely N-dealkylation sites (tertiary alicyclic amines) is 3. The molecule has 660 valence electrons. The summed E-state index contributed by atoms with van der Waals surface area (Å²) in [5.74, 6) is 5.12. The van der Waals surface area contributed by atoms with Crippen LogP contribution in [-0.4, -0.2) is 364 Å². The highest BCUT2D eigenvalue weighted by Crippen LogP contribution is 2.42. The molecule has 21 nitrogen and oxygen atoms in total. The quantitative estimate of drug-likeness (QED) is 0.0410. The summed E-state index contributed by atoms with van der Waals surface area (Å²) in [6.07, 6.45) is 22.3. The second-order valence-corrected chi connectivity index (χ2v) is 37.4. The van der Waals surface area contributed by atoms with Gasteiger partial charge < -0.3 is 81.8 Å². The molecule has 11 fully saturated rings. The Balaban J connectivity index is 0.000000145. The van der Waals surface area contributed by atoms with Crippen LogP contribution in [0.15, 0.2) is 97.1 Å². The lowest BCUT2D eigenvalue weighted by Crippen LogP contribution is -2.52. The molecule has 10 aliphatic heterocycles. The van der Waals surface area contributed by atoms with Gasteiger partial charge in [-0.25, -0.2) is 0 Å². The third kappa shape index (κ3) is 28.5. The first-order chi connectivity index (χ1) is 57.5. The van der Waals surface area contributed by atoms with Crippen molar-refractivity contribution in [2.24, 2.45) is 5.92 Å². The Morgan fingerprint density at radius 3 is 1.19 bits per heavy atom. The monoisotopic (exact) mass is 1640 g/mol. The van der Waals surface area contributed by atoms with Gasteiger partial charge in [0.05, 0.1) is 38.4 Å². The second kappa shape index (κ2) is 47.7. The SMILES string of the molecule is CC(C)N1CCC(Oc2ccc(C3(CN4CCN(C)CC4)CCOCC3)cc2)CC1.CN(C)CC1(c2ccc(OCCCN3CCOCC3)cc2)CCOCC1.CN(C)CCN(C)C(=O)C1(c2ccc(OCCCN3CCCC3)cc2)CCOCC1.c1cc(C2(CN3CCN(CC4CC4)CC3)CCOCC2)ccc1OCCCN1CCCC1. The van der Waals surface area contributed by atoms with Crippen molar-refractivity contribution in [3.63, 3.8) is 0 Å². The number of hydrogen-bond acceptors (Lipinski definition) is 20. The lowest BCUT2D eigenvalue weighted by atomic mass is 9.73. The van der Waals surface area contributed by atoms with Gasteiger partial charge in [-0.2, -0.15) is 0 Å². The van der Waals surface area contributed by atoms with E-state index in [1.54, 1.807) is 0 Å². The van der Waals surface area contributed by atoms with E-state index in [0.717, 1.165) is 256 Å². The summed E-state index contributed by atoms with van der Waals surface area (Å²) in [4.78, 5) is 40.3. The fourth-order valence-corrected chi connectivity index (χ4v) is 19.9. The van der Waals surface area contributed by atoms with Gasteiger partial charge in [-0.15, -0.1) is 0 Å². The van der Waals surface area contributed by atoms with E-state index in [9.17, 15) is 4.79 Å². The summed E-state index contributed by atoms with van der Waals surface area (Å²) in [5.41, 5.74) is 5.59. The summed E-state index contributed by atoms with van der Waals surface area (Å²) >= 11 is 0. The van der Waals surface area contributed by atoms with Crippen molar-refractivity contribution < 1.29 is 47.4 Å². The minimum absolute atomic E-state index is 0.201. The minimum atomic E-state index is -0.492. The number of benzene rings is 4. The molecule has 4 aromatic carbocycles. The number of amides is 1. The number of nitrogens with zero attached hydrogens (tertiary/aromatic N) is 11. The predicted molar refractivity (Wildman–Crippen MR) is 476 cm³/mol. The lowest BCUT2D eigenvalue weighted by Gasteiger charge is -2.44. The maximum absolute atomic E-state index is 13.5. The molecule has 118 heavy (non-hydrogen) atoms. The maximum Gasteiger partial charge on any atom is 0.233 e. The first kappa shape index (κ1) is 92.1. The smallest absolute Gasteiger partial charge is 0.233 e. The number of piperidine rings is 1. The van der Waals surface area contributed by atoms with E-state index in [-0.39, 0.29) is 22.2 Å². The zero-order chi connectivity index (χ0) is 82.3. The predicted octanol–water partition coefficient (Wildman–Crippen LogP) is 11.9. The van der Waals surface area contributed by atoms with Crippen LogP contribution in [0, 0.1) is 5.92 Å². The summed E-state index contributed by atoms with van der Waals surface area (Å²) in [7, 11) is 12.5. The van der Waals surface area contributed by atoms with Crippen LogP contribution in [0.2, 0.25) is 0 Å². The molecule has 11 aliphatic rings. The van der Waals surface area contributed by atoms with Crippen LogP contribution in [0.25, 0.3) is 0 Å². The van der Waals surface area contributed by atoms with Gasteiger partial charge in [-0.3, -0.25) is 19.5 Å². The zero-order valence-electron chi connectivity index (χ0n) is 74.8. The average molecular weight is 1640 g/mol. The molecule has 10 heterocycles. The van der Waals surface area contributed by atoms with Crippen LogP contribution < -0.4 is 18.9 Å². The van der Waals surface area contributed by atoms with Crippen molar-refractivity contribution >= 4 is 5.91 Å². The molecule has 1 saturated carbocycles. The molecule has 0 N–H and O–H groups in total. The van der Waals surface area contributed by atoms with Crippen LogP contribution in [0.4, 0.5) is 0 Å². The number of piperazine rings is 2. The standard InChI is InChI=1S/C27H43N3O2.C25H41N3O2.C24H39N3O3.C21H34N2O3/c1-2-13-28(12-1)14-3-19-32-26-8-6-25(7-9-26)27(10-20-31-21-11-27)23-30-17-15-29(16-18-30)22-24-4-5-24;1-21(2)28-12-8-24(9-13-28)30-23-6-4-22(5-7-23)25(10-18-29-19-11-25)20-27-16-14-26(3)15-17-27;1-25(2)16-17-26(3)23(28)24(11-19-29-20-12-24)21-7-9-22(10-8-21)30-18-6-15-27-13-4-5-14-27;1-22(2)18-21(8-14-24-15-9-21)19-4-6-20(7-5-19)26-13-3-10-23-11-16-25-17-12-23/h6-9,24H,1-5,10-23H2;4-7,21,24H,8-20H2,1-3H3;7-10H,4-6,11-20H2,1-3H3;4-7H,3,8-18H2,1-2H3. The average Bonchev–Trinajstić information content (AvgIpc) is 1.30. The van der Waals surface area contributed by atoms with Crippen LogP contribution >= 0.6 is 0 Å². The van der Waals surface area contributed by atoms with Crippen LogP contribution in [0.5, 0.6) is 23.0 Å². The van der Waals surface area contributed by atoms with Crippen molar-refractivity contribution in [3.05, 3.63) is 119 Å². The Hall–Kier alpha value is -5.05. The molecule has 0 bridgehead atoms. The van der Waals surface area contributed by atoms with E-state index in [1.807, 2.05) is 38.2 Å². The Labute approximate surface area is 713 Å². The van der Waals surface area contributed by atoms with Crippen molar-refractivity contribution in [1.82, 2.24) is 53.9 Å². The fourth-order valence-electron chi connectivity index (χ4n) is 19.9. The number of ether oxygens (including phenoxy) is 9. The molecule has 1 aliphatic carbocycles. The van der Waals surface area contributed by atoms with Gasteiger partial charge in [0.2, 0.25) is 5.91 Å². The first-order valence-corrected chi connectivity index (χ1v) is 46.7. The number of carbonyl (C=O) groups is 1. The largest absolute Gasteiger partial charge is 0.494 e. The summed E-state index contributed by atoms with van der Waals surface area (Å²) in [6.45, 7) is 43.8. The summed E-state index contributed by atoms with van der Waals surface area (Å²) in [6, 6.07) is 35.8. The first-order valence-electron chi connectivity index (χ1n) is 46.7. The van der Waals surface area contributed by atoms with E-state index >= 15 is 0 Å². The van der Waals surface area contributed by atoms with Crippen LogP contribution in [0.1, 0.15) is 158 Å². The number of hydrogen-bond donors (Lipinski definition) is 0. The molecule has 0 aromatic heterocycles. The van der Waals surface area contributed by atoms with Crippen molar-refractivity contribution in [2.45, 2.75) is 170 Å². The second-order valence-electron chi connectivity index (χ2n) is 37.4.